The first kappa shape index (κ1) is 39.1. The van der Waals surface area contributed by atoms with Gasteiger partial charge in [-0.1, -0.05) is 0 Å². The molecule has 298 valence electrons. The zero-order valence-corrected chi connectivity index (χ0v) is 33.1. The van der Waals surface area contributed by atoms with E-state index in [1.165, 1.54) is 11.1 Å². The third-order valence-electron chi connectivity index (χ3n) is 10.5. The van der Waals surface area contributed by atoms with E-state index < -0.39 is 0 Å². The van der Waals surface area contributed by atoms with Crippen molar-refractivity contribution in [2.24, 2.45) is 0 Å². The number of piperazine rings is 1. The van der Waals surface area contributed by atoms with Crippen LogP contribution in [-0.2, 0) is 0 Å². The number of hydroxylamine groups is 2. The molecule has 2 aliphatic rings. The highest BCUT2D eigenvalue weighted by Crippen LogP contribution is 2.33. The molecule has 0 saturated carbocycles. The van der Waals surface area contributed by atoms with Gasteiger partial charge in [0.15, 0.2) is 23.0 Å². The van der Waals surface area contributed by atoms with Crippen molar-refractivity contribution in [2.75, 3.05) is 91.6 Å². The van der Waals surface area contributed by atoms with Crippen LogP contribution in [0.2, 0.25) is 0 Å². The first-order valence-electron chi connectivity index (χ1n) is 18.7. The Morgan fingerprint density at radius 3 is 1.51 bits per heavy atom. The summed E-state index contributed by atoms with van der Waals surface area (Å²) in [4.78, 5) is 41.6. The molecule has 57 heavy (non-hydrogen) atoms. The molecular weight excluding hydrogens is 729 g/mol. The Morgan fingerprint density at radius 1 is 0.596 bits per heavy atom. The Hall–Kier alpha value is -6.16. The molecular formula is C42H48N8O7. The standard InChI is InChI=1S/C22H26N4O3.C20H22N4O4/c1-24(2)16-9-10-25(13-16)17-6-8-21-23-18(12-22(27)26(21)14-17)15-5-7-19(28-3)20(11-15)29-4;1-27-17-5-3-14(11-18(17)28-2)16-12-20(25)24-13-15(4-6-19(24)21-16)22-7-9-23(26)10-8-22/h5-8,11-12,14,16H,9-10,13H2,1-4H3;3-6,11-13,26H,7-10H2,1-2H3/t16-;/m0./s1. The van der Waals surface area contributed by atoms with Crippen molar-refractivity contribution in [3.05, 3.63) is 106 Å². The molecule has 8 rings (SSSR count). The number of pyridine rings is 2. The predicted octanol–water partition coefficient (Wildman–Crippen LogP) is 4.41. The van der Waals surface area contributed by atoms with E-state index in [-0.39, 0.29) is 11.1 Å². The second-order valence-electron chi connectivity index (χ2n) is 14.1. The van der Waals surface area contributed by atoms with E-state index in [2.05, 4.69) is 38.8 Å². The number of aromatic nitrogens is 4. The average molecular weight is 777 g/mol. The fraction of sp³-hybridized carbons (Fsp3) is 0.333. The van der Waals surface area contributed by atoms with Gasteiger partial charge in [0.05, 0.1) is 51.2 Å². The number of likely N-dealkylation sites (N-methyl/N-ethyl adjacent to an activating group) is 1. The molecule has 1 atom stereocenters. The molecule has 4 aromatic heterocycles. The summed E-state index contributed by atoms with van der Waals surface area (Å²) in [6, 6.07) is 22.3. The van der Waals surface area contributed by atoms with Gasteiger partial charge in [0.25, 0.3) is 11.1 Å². The molecule has 6 aromatic rings. The minimum Gasteiger partial charge on any atom is -0.493 e. The van der Waals surface area contributed by atoms with Crippen LogP contribution in [0, 0.1) is 0 Å². The van der Waals surface area contributed by atoms with Gasteiger partial charge in [-0.3, -0.25) is 18.4 Å². The molecule has 0 aliphatic carbocycles. The zero-order chi connectivity index (χ0) is 40.2. The van der Waals surface area contributed by atoms with E-state index >= 15 is 0 Å². The molecule has 0 bridgehead atoms. The lowest BCUT2D eigenvalue weighted by Gasteiger charge is -2.32. The van der Waals surface area contributed by atoms with E-state index in [9.17, 15) is 14.8 Å². The quantitative estimate of drug-likeness (QED) is 0.222. The lowest BCUT2D eigenvalue weighted by Crippen LogP contribution is -2.44. The summed E-state index contributed by atoms with van der Waals surface area (Å²) >= 11 is 0. The highest BCUT2D eigenvalue weighted by Gasteiger charge is 2.24. The van der Waals surface area contributed by atoms with Gasteiger partial charge in [-0.2, -0.15) is 5.06 Å². The van der Waals surface area contributed by atoms with Crippen LogP contribution < -0.4 is 39.9 Å². The monoisotopic (exact) mass is 776 g/mol. The normalized spacial score (nSPS) is 15.8. The van der Waals surface area contributed by atoms with Crippen molar-refractivity contribution in [1.29, 1.82) is 0 Å². The number of fused-ring (bicyclic) bond motifs is 2. The molecule has 2 saturated heterocycles. The van der Waals surface area contributed by atoms with Gasteiger partial charge < -0.3 is 38.9 Å². The molecule has 15 nitrogen and oxygen atoms in total. The van der Waals surface area contributed by atoms with Crippen LogP contribution >= 0.6 is 0 Å². The Kier molecular flexibility index (Phi) is 11.6. The highest BCUT2D eigenvalue weighted by molar-refractivity contribution is 5.67. The first-order chi connectivity index (χ1) is 27.6. The van der Waals surface area contributed by atoms with E-state index in [0.29, 0.717) is 77.9 Å². The Bertz CT molecular complexity index is 2500. The van der Waals surface area contributed by atoms with Crippen LogP contribution in [0.4, 0.5) is 11.4 Å². The lowest BCUT2D eigenvalue weighted by atomic mass is 10.1. The van der Waals surface area contributed by atoms with Gasteiger partial charge in [0.2, 0.25) is 0 Å². The molecule has 0 radical (unpaired) electrons. The SMILES string of the molecule is COc1ccc(-c2cc(=O)n3cc(N4CCN(O)CC4)ccc3n2)cc1OC.COc1ccc(-c2cc(=O)n3cc(N4CC[C@H](N(C)C)C4)ccc3n2)cc1OC. The summed E-state index contributed by atoms with van der Waals surface area (Å²) in [5.41, 5.74) is 5.68. The third-order valence-corrected chi connectivity index (χ3v) is 10.5. The number of ether oxygens (including phenoxy) is 4. The van der Waals surface area contributed by atoms with Gasteiger partial charge in [-0.05, 0) is 81.2 Å². The fourth-order valence-corrected chi connectivity index (χ4v) is 7.20. The van der Waals surface area contributed by atoms with Gasteiger partial charge in [0, 0.05) is 81.0 Å². The first-order valence-corrected chi connectivity index (χ1v) is 18.7. The summed E-state index contributed by atoms with van der Waals surface area (Å²) in [5.74, 6) is 2.45. The van der Waals surface area contributed by atoms with Gasteiger partial charge in [-0.15, -0.1) is 0 Å². The molecule has 2 aliphatic heterocycles. The largest absolute Gasteiger partial charge is 0.493 e. The van der Waals surface area contributed by atoms with Crippen LogP contribution in [0.1, 0.15) is 6.42 Å². The second kappa shape index (κ2) is 16.9. The van der Waals surface area contributed by atoms with Gasteiger partial charge >= 0.3 is 0 Å². The van der Waals surface area contributed by atoms with Crippen molar-refractivity contribution >= 4 is 22.7 Å². The summed E-state index contributed by atoms with van der Waals surface area (Å²) in [7, 11) is 10.6. The van der Waals surface area contributed by atoms with E-state index in [0.717, 1.165) is 42.0 Å². The molecule has 1 N–H and O–H groups in total. The molecule has 0 spiro atoms. The number of hydrogen-bond acceptors (Lipinski definition) is 13. The molecule has 6 heterocycles. The van der Waals surface area contributed by atoms with Crippen LogP contribution in [0.25, 0.3) is 33.8 Å². The van der Waals surface area contributed by atoms with Gasteiger partial charge in [-0.25, -0.2) is 9.97 Å². The molecule has 0 amide bonds. The number of anilines is 2. The van der Waals surface area contributed by atoms with Crippen molar-refractivity contribution in [3.63, 3.8) is 0 Å². The number of nitrogens with zero attached hydrogens (tertiary/aromatic N) is 8. The number of hydrogen-bond donors (Lipinski definition) is 1. The summed E-state index contributed by atoms with van der Waals surface area (Å²) in [6.07, 6.45) is 4.81. The van der Waals surface area contributed by atoms with Crippen LogP contribution in [0.5, 0.6) is 23.0 Å². The molecule has 0 unspecified atom stereocenters. The third kappa shape index (κ3) is 8.36. The van der Waals surface area contributed by atoms with Gasteiger partial charge in [0.1, 0.15) is 11.3 Å². The number of methoxy groups -OCH3 is 4. The number of rotatable bonds is 9. The maximum absolute atomic E-state index is 12.8. The minimum absolute atomic E-state index is 0.106. The average Bonchev–Trinajstić information content (AvgIpc) is 3.75. The summed E-state index contributed by atoms with van der Waals surface area (Å²) in [5, 5.41) is 10.8. The lowest BCUT2D eigenvalue weighted by molar-refractivity contribution is -0.0935. The smallest absolute Gasteiger partial charge is 0.258 e. The Labute approximate surface area is 330 Å². The molecule has 2 aromatic carbocycles. The molecule has 2 fully saturated rings. The van der Waals surface area contributed by atoms with Crippen molar-refractivity contribution in [1.82, 2.24) is 28.7 Å². The fourth-order valence-electron chi connectivity index (χ4n) is 7.20. The predicted molar refractivity (Wildman–Crippen MR) is 220 cm³/mol. The topological polar surface area (TPSA) is 139 Å². The van der Waals surface area contributed by atoms with Crippen LogP contribution in [-0.4, -0.2) is 122 Å². The summed E-state index contributed by atoms with van der Waals surface area (Å²) < 4.78 is 24.4. The number of benzene rings is 2. The maximum Gasteiger partial charge on any atom is 0.258 e. The van der Waals surface area contributed by atoms with Crippen molar-refractivity contribution < 1.29 is 24.2 Å². The Balaban J connectivity index is 0.000000174. The van der Waals surface area contributed by atoms with E-state index in [1.54, 1.807) is 61.6 Å². The zero-order valence-electron chi connectivity index (χ0n) is 33.1. The van der Waals surface area contributed by atoms with Crippen LogP contribution in [0.3, 0.4) is 0 Å². The maximum atomic E-state index is 12.8. The second-order valence-corrected chi connectivity index (χ2v) is 14.1. The van der Waals surface area contributed by atoms with E-state index in [1.807, 2.05) is 54.7 Å². The minimum atomic E-state index is -0.155. The summed E-state index contributed by atoms with van der Waals surface area (Å²) in [6.45, 7) is 4.50. The van der Waals surface area contributed by atoms with Crippen LogP contribution in [0.15, 0.2) is 94.8 Å². The van der Waals surface area contributed by atoms with Crippen molar-refractivity contribution in [3.8, 4) is 45.5 Å². The molecule has 15 heteroatoms. The van der Waals surface area contributed by atoms with E-state index in [4.69, 9.17) is 18.9 Å². The van der Waals surface area contributed by atoms with Crippen molar-refractivity contribution in [2.45, 2.75) is 12.5 Å². The highest BCUT2D eigenvalue weighted by atomic mass is 16.5. The Morgan fingerprint density at radius 2 is 1.07 bits per heavy atom.